The van der Waals surface area contributed by atoms with E-state index in [9.17, 15) is 4.79 Å². The van der Waals surface area contributed by atoms with Crippen LogP contribution in [0.5, 0.6) is 0 Å². The van der Waals surface area contributed by atoms with Crippen LogP contribution in [0.4, 0.5) is 0 Å². The Balaban J connectivity index is 1.54. The largest absolute Gasteiger partial charge is 0.405 e. The lowest BCUT2D eigenvalue weighted by atomic mass is 10.2. The second-order valence-corrected chi connectivity index (χ2v) is 7.76. The molecule has 0 unspecified atom stereocenters. The van der Waals surface area contributed by atoms with E-state index in [1.165, 1.54) is 6.20 Å². The van der Waals surface area contributed by atoms with Gasteiger partial charge in [-0.2, -0.15) is 0 Å². The maximum absolute atomic E-state index is 13.3. The number of para-hydroxylation sites is 1. The summed E-state index contributed by atoms with van der Waals surface area (Å²) in [5.74, 6) is 1.52. The molecule has 0 spiro atoms. The highest BCUT2D eigenvalue weighted by Crippen LogP contribution is 2.14. The van der Waals surface area contributed by atoms with Crippen LogP contribution in [0, 0.1) is 0 Å². The van der Waals surface area contributed by atoms with Crippen molar-refractivity contribution in [2.75, 3.05) is 26.2 Å². The third-order valence-electron chi connectivity index (χ3n) is 5.65. The summed E-state index contributed by atoms with van der Waals surface area (Å²) in [6.45, 7) is 8.49. The number of hydrogen-bond donors (Lipinski definition) is 1. The molecule has 0 aliphatic carbocycles. The van der Waals surface area contributed by atoms with Crippen LogP contribution in [0.1, 0.15) is 11.4 Å². The smallest absolute Gasteiger partial charge is 0.261 e. The summed E-state index contributed by atoms with van der Waals surface area (Å²) in [5.41, 5.74) is 7.17. The zero-order valence-corrected chi connectivity index (χ0v) is 18.1. The van der Waals surface area contributed by atoms with E-state index < -0.39 is 0 Å². The molecule has 2 N–H and O–H groups in total. The molecule has 1 fully saturated rings. The number of allylic oxidation sites excluding steroid dienone is 1. The molecule has 3 aromatic rings. The topological polar surface area (TPSA) is 79.8 Å². The Morgan fingerprint density at radius 2 is 1.75 bits per heavy atom. The molecule has 1 saturated heterocycles. The molecule has 0 amide bonds. The Labute approximate surface area is 187 Å². The van der Waals surface area contributed by atoms with Gasteiger partial charge in [0.05, 0.1) is 24.0 Å². The van der Waals surface area contributed by atoms with Crippen LogP contribution < -0.4 is 11.3 Å². The van der Waals surface area contributed by atoms with E-state index in [4.69, 9.17) is 10.7 Å². The van der Waals surface area contributed by atoms with Crippen LogP contribution in [0.3, 0.4) is 0 Å². The van der Waals surface area contributed by atoms with Gasteiger partial charge in [-0.25, -0.2) is 9.98 Å². The second-order valence-electron chi connectivity index (χ2n) is 7.76. The molecule has 0 radical (unpaired) electrons. The summed E-state index contributed by atoms with van der Waals surface area (Å²) in [6.07, 6.45) is 4.77. The fourth-order valence-corrected chi connectivity index (χ4v) is 3.89. The minimum Gasteiger partial charge on any atom is -0.405 e. The highest BCUT2D eigenvalue weighted by molar-refractivity contribution is 5.77. The number of hydrogen-bond acceptors (Lipinski definition) is 6. The first-order valence-electron chi connectivity index (χ1n) is 10.8. The van der Waals surface area contributed by atoms with E-state index in [0.29, 0.717) is 18.5 Å². The number of aromatic nitrogens is 2. The lowest BCUT2D eigenvalue weighted by molar-refractivity contribution is 0.148. The van der Waals surface area contributed by atoms with Gasteiger partial charge in [0, 0.05) is 32.4 Å². The monoisotopic (exact) mass is 428 g/mol. The molecule has 2 aromatic carbocycles. The Morgan fingerprint density at radius 1 is 1.03 bits per heavy atom. The molecule has 7 nitrogen and oxygen atoms in total. The minimum absolute atomic E-state index is 0.00348. The molecule has 2 heterocycles. The first kappa shape index (κ1) is 21.5. The Kier molecular flexibility index (Phi) is 6.77. The van der Waals surface area contributed by atoms with Crippen molar-refractivity contribution in [1.29, 1.82) is 0 Å². The third-order valence-corrected chi connectivity index (χ3v) is 5.65. The van der Waals surface area contributed by atoms with E-state index in [2.05, 4.69) is 21.4 Å². The lowest BCUT2D eigenvalue weighted by Crippen LogP contribution is -2.45. The molecule has 1 aliphatic heterocycles. The van der Waals surface area contributed by atoms with Crippen molar-refractivity contribution in [3.8, 4) is 0 Å². The number of nitrogens with zero attached hydrogens (tertiary/aromatic N) is 5. The number of piperazine rings is 1. The zero-order chi connectivity index (χ0) is 22.3. The Bertz CT molecular complexity index is 1190. The summed E-state index contributed by atoms with van der Waals surface area (Å²) in [5, 5.41) is 0.651. The van der Waals surface area contributed by atoms with Crippen LogP contribution in [0.2, 0.25) is 0 Å². The fraction of sp³-hybridized carbons (Fsp3) is 0.240. The predicted octanol–water partition coefficient (Wildman–Crippen LogP) is 2.58. The van der Waals surface area contributed by atoms with Gasteiger partial charge in [-0.05, 0) is 30.0 Å². The lowest BCUT2D eigenvalue weighted by Gasteiger charge is -2.35. The van der Waals surface area contributed by atoms with Gasteiger partial charge in [-0.3, -0.25) is 14.3 Å². The highest BCUT2D eigenvalue weighted by atomic mass is 16.1. The van der Waals surface area contributed by atoms with E-state index in [-0.39, 0.29) is 5.56 Å². The first-order valence-corrected chi connectivity index (χ1v) is 10.8. The third kappa shape index (κ3) is 4.95. The van der Waals surface area contributed by atoms with Crippen molar-refractivity contribution in [2.24, 2.45) is 10.7 Å². The van der Waals surface area contributed by atoms with E-state index >= 15 is 0 Å². The quantitative estimate of drug-likeness (QED) is 0.585. The van der Waals surface area contributed by atoms with Crippen molar-refractivity contribution < 1.29 is 0 Å². The van der Waals surface area contributed by atoms with Gasteiger partial charge in [0.25, 0.3) is 5.56 Å². The van der Waals surface area contributed by atoms with Gasteiger partial charge in [0.2, 0.25) is 0 Å². The van der Waals surface area contributed by atoms with Crippen molar-refractivity contribution in [2.45, 2.75) is 13.1 Å². The SMILES string of the molecule is C=C(N=C/C=C\N)N1CCN(Cc2nc3ccccc3c(=O)n2Cc2ccccc2)CC1. The average Bonchev–Trinajstić information content (AvgIpc) is 2.83. The summed E-state index contributed by atoms with van der Waals surface area (Å²) in [4.78, 5) is 27.0. The number of fused-ring (bicyclic) bond motifs is 1. The summed E-state index contributed by atoms with van der Waals surface area (Å²) in [6, 6.07) is 17.6. The normalized spacial score (nSPS) is 15.2. The van der Waals surface area contributed by atoms with Crippen molar-refractivity contribution in [3.63, 3.8) is 0 Å². The maximum Gasteiger partial charge on any atom is 0.261 e. The molecular weight excluding hydrogens is 400 g/mol. The molecule has 32 heavy (non-hydrogen) atoms. The summed E-state index contributed by atoms with van der Waals surface area (Å²) in [7, 11) is 0. The Morgan fingerprint density at radius 3 is 2.50 bits per heavy atom. The van der Waals surface area contributed by atoms with Crippen molar-refractivity contribution >= 4 is 17.1 Å². The van der Waals surface area contributed by atoms with Crippen molar-refractivity contribution in [1.82, 2.24) is 19.4 Å². The van der Waals surface area contributed by atoms with Gasteiger partial charge in [0.1, 0.15) is 11.6 Å². The Hall–Kier alpha value is -3.71. The average molecular weight is 429 g/mol. The van der Waals surface area contributed by atoms with Crippen LogP contribution >= 0.6 is 0 Å². The number of rotatable bonds is 7. The molecule has 0 atom stereocenters. The van der Waals surface area contributed by atoms with Crippen LogP contribution in [0.15, 0.2) is 89.1 Å². The molecule has 1 aromatic heterocycles. The van der Waals surface area contributed by atoms with E-state index in [1.54, 1.807) is 12.3 Å². The van der Waals surface area contributed by atoms with Gasteiger partial charge in [-0.1, -0.05) is 49.0 Å². The standard InChI is InChI=1S/C25H28N6O/c1-20(27-13-7-12-26)30-16-14-29(15-17-30)19-24-28-23-11-6-5-10-22(23)25(32)31(24)18-21-8-3-2-4-9-21/h2-13H,1,14-19,26H2/b12-7-,27-13?. The number of aliphatic imine (C=N–C) groups is 1. The summed E-state index contributed by atoms with van der Waals surface area (Å²) < 4.78 is 1.81. The molecule has 4 rings (SSSR count). The molecule has 0 saturated carbocycles. The maximum atomic E-state index is 13.3. The zero-order valence-electron chi connectivity index (χ0n) is 18.1. The second kappa shape index (κ2) is 10.1. The van der Waals surface area contributed by atoms with E-state index in [0.717, 1.165) is 48.9 Å². The molecule has 0 bridgehead atoms. The molecule has 7 heteroatoms. The minimum atomic E-state index is 0.00348. The van der Waals surface area contributed by atoms with Gasteiger partial charge >= 0.3 is 0 Å². The van der Waals surface area contributed by atoms with Crippen LogP contribution in [0.25, 0.3) is 10.9 Å². The van der Waals surface area contributed by atoms with Crippen LogP contribution in [-0.2, 0) is 13.1 Å². The molecular formula is C25H28N6O. The predicted molar refractivity (Wildman–Crippen MR) is 129 cm³/mol. The highest BCUT2D eigenvalue weighted by Gasteiger charge is 2.20. The van der Waals surface area contributed by atoms with Gasteiger partial charge in [0.15, 0.2) is 0 Å². The summed E-state index contributed by atoms with van der Waals surface area (Å²) >= 11 is 0. The van der Waals surface area contributed by atoms with Crippen LogP contribution in [-0.4, -0.2) is 51.7 Å². The van der Waals surface area contributed by atoms with Crippen molar-refractivity contribution in [3.05, 3.63) is 101 Å². The number of nitrogens with two attached hydrogens (primary N) is 1. The fourth-order valence-electron chi connectivity index (χ4n) is 3.89. The first-order chi connectivity index (χ1) is 15.7. The molecule has 1 aliphatic rings. The molecule has 164 valence electrons. The van der Waals surface area contributed by atoms with Gasteiger partial charge in [-0.15, -0.1) is 0 Å². The number of benzene rings is 2. The van der Waals surface area contributed by atoms with E-state index in [1.807, 2.05) is 59.2 Å². The van der Waals surface area contributed by atoms with Gasteiger partial charge < -0.3 is 10.6 Å².